The molecule has 2 rings (SSSR count). The Morgan fingerprint density at radius 1 is 0.471 bits per heavy atom. The summed E-state index contributed by atoms with van der Waals surface area (Å²) in [6.45, 7) is 2.57. The van der Waals surface area contributed by atoms with E-state index in [1.165, 1.54) is 116 Å². The second-order valence-electron chi connectivity index (χ2n) is 19.1. The summed E-state index contributed by atoms with van der Waals surface area (Å²) in [4.78, 5) is 25.7. The minimum absolute atomic E-state index is 0.165. The topological polar surface area (TPSA) is 231 Å². The first-order chi connectivity index (χ1) is 33.0. The Kier molecular flexibility index (Phi) is 37.0. The van der Waals surface area contributed by atoms with Crippen molar-refractivity contribution in [2.75, 3.05) is 26.4 Å². The molecule has 398 valence electrons. The predicted molar refractivity (Wildman–Crippen MR) is 261 cm³/mol. The molecule has 11 atom stereocenters. The molecule has 0 radical (unpaired) electrons. The van der Waals surface area contributed by atoms with Gasteiger partial charge in [-0.15, -0.1) is 0 Å². The Morgan fingerprint density at radius 3 is 1.37 bits per heavy atom. The van der Waals surface area contributed by atoms with Crippen molar-refractivity contribution in [3.63, 3.8) is 0 Å². The molecule has 2 heterocycles. The number of hydrogen-bond donors (Lipinski definition) is 7. The first kappa shape index (κ1) is 62.1. The van der Waals surface area contributed by atoms with Gasteiger partial charge in [-0.3, -0.25) is 9.59 Å². The Balaban J connectivity index is 1.73. The fourth-order valence-corrected chi connectivity index (χ4v) is 8.48. The van der Waals surface area contributed by atoms with Crippen LogP contribution in [0.4, 0.5) is 0 Å². The Bertz CT molecular complexity index is 1280. The Hall–Kier alpha value is -2.02. The first-order valence-electron chi connectivity index (χ1n) is 26.9. The number of unbranched alkanes of at least 4 members (excludes halogenated alkanes) is 24. The van der Waals surface area contributed by atoms with Gasteiger partial charge in [0.1, 0.15) is 55.4 Å². The van der Waals surface area contributed by atoms with Gasteiger partial charge < -0.3 is 64.2 Å². The first-order valence-corrected chi connectivity index (χ1v) is 26.9. The molecule has 0 bridgehead atoms. The number of hydrogen-bond acceptors (Lipinski definition) is 15. The van der Waals surface area contributed by atoms with Crippen LogP contribution in [0, 0.1) is 0 Å². The minimum atomic E-state index is -1.76. The van der Waals surface area contributed by atoms with Crippen molar-refractivity contribution < 1.29 is 73.8 Å². The number of allylic oxidation sites excluding steroid dienone is 4. The molecule has 2 saturated heterocycles. The molecule has 2 aliphatic heterocycles. The number of carbonyl (C=O) groups excluding carboxylic acids is 2. The molecular weight excluding hydrogens is 877 g/mol. The number of ether oxygens (including phenoxy) is 6. The van der Waals surface area contributed by atoms with E-state index in [0.717, 1.165) is 51.4 Å². The van der Waals surface area contributed by atoms with Gasteiger partial charge in [0.2, 0.25) is 0 Å². The van der Waals surface area contributed by atoms with Gasteiger partial charge in [-0.2, -0.15) is 0 Å². The average molecular weight is 973 g/mol. The van der Waals surface area contributed by atoms with Crippen LogP contribution in [0.15, 0.2) is 24.3 Å². The lowest BCUT2D eigenvalue weighted by atomic mass is 9.98. The van der Waals surface area contributed by atoms with Crippen LogP contribution in [0.3, 0.4) is 0 Å². The zero-order chi connectivity index (χ0) is 49.6. The molecule has 7 N–H and O–H groups in total. The van der Waals surface area contributed by atoms with Gasteiger partial charge in [0.25, 0.3) is 0 Å². The van der Waals surface area contributed by atoms with E-state index in [-0.39, 0.29) is 26.1 Å². The molecule has 0 aromatic rings. The highest BCUT2D eigenvalue weighted by atomic mass is 16.7. The highest BCUT2D eigenvalue weighted by Crippen LogP contribution is 2.26. The lowest BCUT2D eigenvalue weighted by Gasteiger charge is -2.42. The SMILES string of the molecule is CCCCCCC/C=C\C/C=C\CCCCCCCCCCCCCC(=O)OC(COC(=O)CCCCCCCCCCC)COC1OC(COC2OC(CO)C(O)C(O)C2O)C(O)C(O)C1O. The van der Waals surface area contributed by atoms with Crippen molar-refractivity contribution >= 4 is 11.9 Å². The maximum Gasteiger partial charge on any atom is 0.306 e. The van der Waals surface area contributed by atoms with Gasteiger partial charge in [-0.05, 0) is 44.9 Å². The fourth-order valence-electron chi connectivity index (χ4n) is 8.48. The summed E-state index contributed by atoms with van der Waals surface area (Å²) in [5.74, 6) is -0.923. The lowest BCUT2D eigenvalue weighted by Crippen LogP contribution is -2.61. The molecule has 68 heavy (non-hydrogen) atoms. The molecule has 0 amide bonds. The van der Waals surface area contributed by atoms with Crippen LogP contribution in [0.2, 0.25) is 0 Å². The number of carbonyl (C=O) groups is 2. The van der Waals surface area contributed by atoms with Crippen LogP contribution in [0.25, 0.3) is 0 Å². The molecule has 2 fully saturated rings. The van der Waals surface area contributed by atoms with Crippen molar-refractivity contribution in [3.05, 3.63) is 24.3 Å². The van der Waals surface area contributed by atoms with Gasteiger partial charge in [0, 0.05) is 12.8 Å². The zero-order valence-electron chi connectivity index (χ0n) is 42.1. The van der Waals surface area contributed by atoms with E-state index < -0.39 is 92.7 Å². The van der Waals surface area contributed by atoms with Crippen LogP contribution in [0.1, 0.15) is 206 Å². The maximum atomic E-state index is 13.0. The lowest BCUT2D eigenvalue weighted by molar-refractivity contribution is -0.332. The van der Waals surface area contributed by atoms with Gasteiger partial charge >= 0.3 is 11.9 Å². The normalized spacial score (nSPS) is 25.9. The predicted octanol–water partition coefficient (Wildman–Crippen LogP) is 7.94. The minimum Gasteiger partial charge on any atom is -0.462 e. The van der Waals surface area contributed by atoms with Crippen molar-refractivity contribution in [3.8, 4) is 0 Å². The van der Waals surface area contributed by atoms with E-state index in [4.69, 9.17) is 28.4 Å². The molecule has 11 unspecified atom stereocenters. The van der Waals surface area contributed by atoms with Gasteiger partial charge in [-0.1, -0.05) is 173 Å². The third kappa shape index (κ3) is 28.1. The second-order valence-corrected chi connectivity index (χ2v) is 19.1. The van der Waals surface area contributed by atoms with Gasteiger partial charge in [0.15, 0.2) is 18.7 Å². The maximum absolute atomic E-state index is 13.0. The molecule has 0 spiro atoms. The summed E-state index contributed by atoms with van der Waals surface area (Å²) in [5.41, 5.74) is 0. The molecule has 2 aliphatic rings. The van der Waals surface area contributed by atoms with Crippen molar-refractivity contribution in [2.45, 2.75) is 274 Å². The van der Waals surface area contributed by atoms with E-state index >= 15 is 0 Å². The summed E-state index contributed by atoms with van der Waals surface area (Å²) >= 11 is 0. The van der Waals surface area contributed by atoms with E-state index in [1.54, 1.807) is 0 Å². The molecular formula is C53H96O15. The summed E-state index contributed by atoms with van der Waals surface area (Å²) in [6.07, 6.45) is 25.1. The fraction of sp³-hybridized carbons (Fsp3) is 0.887. The molecule has 0 saturated carbocycles. The standard InChI is InChI=1S/C53H96O15/c1-3-5-7-9-11-13-14-15-16-17-18-19-20-21-22-23-24-25-26-28-30-32-34-36-45(56)66-41(38-63-44(55)35-33-31-29-27-12-10-8-6-4-2)39-64-52-51(62)49(60)47(58)43(68-52)40-65-53-50(61)48(59)46(57)42(37-54)67-53/h14-15,17-18,41-43,46-54,57-62H,3-13,16,19-40H2,1-2H3/b15-14-,18-17-. The summed E-state index contributed by atoms with van der Waals surface area (Å²) in [5, 5.41) is 72.0. The van der Waals surface area contributed by atoms with E-state index in [2.05, 4.69) is 38.2 Å². The van der Waals surface area contributed by atoms with Gasteiger partial charge in [0.05, 0.1) is 19.8 Å². The molecule has 15 nitrogen and oxygen atoms in total. The van der Waals surface area contributed by atoms with Crippen LogP contribution in [-0.4, -0.2) is 142 Å². The number of aliphatic hydroxyl groups excluding tert-OH is 7. The summed E-state index contributed by atoms with van der Waals surface area (Å²) in [6, 6.07) is 0. The molecule has 0 aromatic heterocycles. The molecule has 0 aromatic carbocycles. The third-order valence-electron chi connectivity index (χ3n) is 12.9. The quantitative estimate of drug-likeness (QED) is 0.0175. The van der Waals surface area contributed by atoms with E-state index in [9.17, 15) is 45.3 Å². The third-order valence-corrected chi connectivity index (χ3v) is 12.9. The number of aliphatic hydroxyl groups is 7. The number of rotatable bonds is 42. The molecule has 0 aliphatic carbocycles. The van der Waals surface area contributed by atoms with Crippen LogP contribution >= 0.6 is 0 Å². The summed E-state index contributed by atoms with van der Waals surface area (Å²) in [7, 11) is 0. The van der Waals surface area contributed by atoms with E-state index in [0.29, 0.717) is 12.8 Å². The summed E-state index contributed by atoms with van der Waals surface area (Å²) < 4.78 is 33.6. The number of esters is 2. The van der Waals surface area contributed by atoms with Gasteiger partial charge in [-0.25, -0.2) is 0 Å². The van der Waals surface area contributed by atoms with Crippen molar-refractivity contribution in [1.82, 2.24) is 0 Å². The Labute approximate surface area is 409 Å². The Morgan fingerprint density at radius 2 is 0.882 bits per heavy atom. The highest BCUT2D eigenvalue weighted by Gasteiger charge is 2.47. The smallest absolute Gasteiger partial charge is 0.306 e. The van der Waals surface area contributed by atoms with Crippen molar-refractivity contribution in [1.29, 1.82) is 0 Å². The van der Waals surface area contributed by atoms with Crippen LogP contribution in [0.5, 0.6) is 0 Å². The van der Waals surface area contributed by atoms with E-state index in [1.807, 2.05) is 0 Å². The van der Waals surface area contributed by atoms with Crippen molar-refractivity contribution in [2.24, 2.45) is 0 Å². The highest BCUT2D eigenvalue weighted by molar-refractivity contribution is 5.70. The second kappa shape index (κ2) is 40.6. The monoisotopic (exact) mass is 973 g/mol. The van der Waals surface area contributed by atoms with Crippen LogP contribution < -0.4 is 0 Å². The van der Waals surface area contributed by atoms with Crippen LogP contribution in [-0.2, 0) is 38.0 Å². The molecule has 15 heteroatoms. The largest absolute Gasteiger partial charge is 0.462 e. The zero-order valence-corrected chi connectivity index (χ0v) is 42.1. The average Bonchev–Trinajstić information content (AvgIpc) is 3.33.